The SMILES string of the molecule is CCOc1ccccc1OC(=O)/C=C/c1cc(Br)ccc1OC. The molecular weight excluding hydrogens is 360 g/mol. The molecule has 0 heterocycles. The monoisotopic (exact) mass is 376 g/mol. The molecule has 0 radical (unpaired) electrons. The molecule has 5 heteroatoms. The summed E-state index contributed by atoms with van der Waals surface area (Å²) in [4.78, 5) is 12.0. The summed E-state index contributed by atoms with van der Waals surface area (Å²) in [5.41, 5.74) is 0.775. The first-order valence-electron chi connectivity index (χ1n) is 7.09. The molecule has 0 bridgehead atoms. The summed E-state index contributed by atoms with van der Waals surface area (Å²) in [6.07, 6.45) is 3.00. The smallest absolute Gasteiger partial charge is 0.336 e. The fourth-order valence-corrected chi connectivity index (χ4v) is 2.32. The van der Waals surface area contributed by atoms with Crippen molar-refractivity contribution in [2.45, 2.75) is 6.92 Å². The van der Waals surface area contributed by atoms with Gasteiger partial charge in [0.1, 0.15) is 5.75 Å². The van der Waals surface area contributed by atoms with Crippen LogP contribution in [0.1, 0.15) is 12.5 Å². The van der Waals surface area contributed by atoms with Crippen molar-refractivity contribution >= 4 is 28.0 Å². The molecule has 0 aliphatic rings. The molecule has 0 unspecified atom stereocenters. The van der Waals surface area contributed by atoms with Crippen LogP contribution in [0.25, 0.3) is 6.08 Å². The van der Waals surface area contributed by atoms with Gasteiger partial charge in [-0.2, -0.15) is 0 Å². The number of halogens is 1. The quantitative estimate of drug-likeness (QED) is 0.423. The van der Waals surface area contributed by atoms with Crippen LogP contribution >= 0.6 is 15.9 Å². The van der Waals surface area contributed by atoms with Gasteiger partial charge in [-0.1, -0.05) is 28.1 Å². The lowest BCUT2D eigenvalue weighted by Gasteiger charge is -2.09. The van der Waals surface area contributed by atoms with Crippen molar-refractivity contribution in [3.05, 3.63) is 58.6 Å². The molecule has 2 rings (SSSR count). The Labute approximate surface area is 143 Å². The first-order chi connectivity index (χ1) is 11.1. The molecule has 0 N–H and O–H groups in total. The summed E-state index contributed by atoms with van der Waals surface area (Å²) in [7, 11) is 1.58. The zero-order valence-electron chi connectivity index (χ0n) is 12.9. The Hall–Kier alpha value is -2.27. The Morgan fingerprint density at radius 3 is 2.57 bits per heavy atom. The summed E-state index contributed by atoms with van der Waals surface area (Å²) in [6.45, 7) is 2.37. The van der Waals surface area contributed by atoms with Crippen molar-refractivity contribution < 1.29 is 19.0 Å². The van der Waals surface area contributed by atoms with E-state index in [4.69, 9.17) is 14.2 Å². The highest BCUT2D eigenvalue weighted by Crippen LogP contribution is 2.27. The van der Waals surface area contributed by atoms with Gasteiger partial charge < -0.3 is 14.2 Å². The van der Waals surface area contributed by atoms with Crippen LogP contribution in [-0.2, 0) is 4.79 Å². The van der Waals surface area contributed by atoms with Crippen LogP contribution in [0.3, 0.4) is 0 Å². The lowest BCUT2D eigenvalue weighted by Crippen LogP contribution is -2.05. The highest BCUT2D eigenvalue weighted by molar-refractivity contribution is 9.10. The van der Waals surface area contributed by atoms with Gasteiger partial charge in [-0.05, 0) is 43.3 Å². The van der Waals surface area contributed by atoms with E-state index in [1.807, 2.05) is 31.2 Å². The first-order valence-corrected chi connectivity index (χ1v) is 7.88. The third kappa shape index (κ3) is 4.86. The van der Waals surface area contributed by atoms with Crippen molar-refractivity contribution in [3.63, 3.8) is 0 Å². The summed E-state index contributed by atoms with van der Waals surface area (Å²) in [6, 6.07) is 12.6. The van der Waals surface area contributed by atoms with Gasteiger partial charge in [0.2, 0.25) is 0 Å². The molecule has 0 spiro atoms. The molecular formula is C18H17BrO4. The number of hydrogen-bond donors (Lipinski definition) is 0. The van der Waals surface area contributed by atoms with Crippen LogP contribution in [0.15, 0.2) is 53.0 Å². The van der Waals surface area contributed by atoms with Crippen LogP contribution in [0, 0.1) is 0 Å². The van der Waals surface area contributed by atoms with E-state index in [1.54, 1.807) is 31.4 Å². The topological polar surface area (TPSA) is 44.8 Å². The van der Waals surface area contributed by atoms with Crippen LogP contribution < -0.4 is 14.2 Å². The minimum Gasteiger partial charge on any atom is -0.496 e. The van der Waals surface area contributed by atoms with Gasteiger partial charge in [0.05, 0.1) is 13.7 Å². The van der Waals surface area contributed by atoms with Crippen molar-refractivity contribution in [2.24, 2.45) is 0 Å². The number of hydrogen-bond acceptors (Lipinski definition) is 4. The molecule has 0 aliphatic carbocycles. The minimum atomic E-state index is -0.487. The molecule has 0 fully saturated rings. The second-order valence-corrected chi connectivity index (χ2v) is 5.44. The Bertz CT molecular complexity index is 710. The van der Waals surface area contributed by atoms with Crippen molar-refractivity contribution in [1.82, 2.24) is 0 Å². The third-order valence-electron chi connectivity index (χ3n) is 2.95. The summed E-state index contributed by atoms with van der Waals surface area (Å²) < 4.78 is 16.9. The van der Waals surface area contributed by atoms with E-state index in [9.17, 15) is 4.79 Å². The lowest BCUT2D eigenvalue weighted by atomic mass is 10.2. The highest BCUT2D eigenvalue weighted by atomic mass is 79.9. The summed E-state index contributed by atoms with van der Waals surface area (Å²) in [5, 5.41) is 0. The number of esters is 1. The molecule has 0 amide bonds. The Balaban J connectivity index is 2.12. The molecule has 0 aliphatic heterocycles. The maximum Gasteiger partial charge on any atom is 0.336 e. The van der Waals surface area contributed by atoms with Crippen LogP contribution in [0.2, 0.25) is 0 Å². The number of benzene rings is 2. The standard InChI is InChI=1S/C18H17BrO4/c1-3-22-16-6-4-5-7-17(16)23-18(20)11-8-13-12-14(19)9-10-15(13)21-2/h4-12H,3H2,1-2H3/b11-8+. The van der Waals surface area contributed by atoms with Gasteiger partial charge in [-0.25, -0.2) is 4.79 Å². The maximum absolute atomic E-state index is 12.0. The van der Waals surface area contributed by atoms with E-state index in [-0.39, 0.29) is 0 Å². The van der Waals surface area contributed by atoms with Gasteiger partial charge in [-0.3, -0.25) is 0 Å². The van der Waals surface area contributed by atoms with E-state index >= 15 is 0 Å². The molecule has 0 atom stereocenters. The average molecular weight is 377 g/mol. The van der Waals surface area contributed by atoms with E-state index in [0.29, 0.717) is 23.9 Å². The van der Waals surface area contributed by atoms with Gasteiger partial charge in [0.15, 0.2) is 11.5 Å². The number of para-hydroxylation sites is 2. The maximum atomic E-state index is 12.0. The van der Waals surface area contributed by atoms with Crippen molar-refractivity contribution in [2.75, 3.05) is 13.7 Å². The van der Waals surface area contributed by atoms with Crippen LogP contribution in [0.4, 0.5) is 0 Å². The Morgan fingerprint density at radius 1 is 1.13 bits per heavy atom. The fourth-order valence-electron chi connectivity index (χ4n) is 1.94. The van der Waals surface area contributed by atoms with Gasteiger partial charge >= 0.3 is 5.97 Å². The zero-order valence-corrected chi connectivity index (χ0v) is 14.5. The molecule has 0 saturated carbocycles. The van der Waals surface area contributed by atoms with Crippen molar-refractivity contribution in [3.8, 4) is 17.2 Å². The van der Waals surface area contributed by atoms with Gasteiger partial charge in [-0.15, -0.1) is 0 Å². The van der Waals surface area contributed by atoms with E-state index in [1.165, 1.54) is 6.08 Å². The predicted octanol–water partition coefficient (Wildman–Crippen LogP) is 4.48. The highest BCUT2D eigenvalue weighted by Gasteiger charge is 2.08. The van der Waals surface area contributed by atoms with Gasteiger partial charge in [0, 0.05) is 16.1 Å². The second-order valence-electron chi connectivity index (χ2n) is 4.52. The normalized spacial score (nSPS) is 10.6. The number of rotatable bonds is 6. The molecule has 23 heavy (non-hydrogen) atoms. The summed E-state index contributed by atoms with van der Waals surface area (Å²) in [5.74, 6) is 1.12. The molecule has 120 valence electrons. The zero-order chi connectivity index (χ0) is 16.7. The van der Waals surface area contributed by atoms with Gasteiger partial charge in [0.25, 0.3) is 0 Å². The Kier molecular flexibility index (Phi) is 6.23. The third-order valence-corrected chi connectivity index (χ3v) is 3.44. The van der Waals surface area contributed by atoms with Crippen LogP contribution in [0.5, 0.6) is 17.2 Å². The minimum absolute atomic E-state index is 0.394. The van der Waals surface area contributed by atoms with E-state index in [0.717, 1.165) is 10.0 Å². The molecule has 0 aromatic heterocycles. The van der Waals surface area contributed by atoms with Crippen LogP contribution in [-0.4, -0.2) is 19.7 Å². The van der Waals surface area contributed by atoms with Crippen molar-refractivity contribution in [1.29, 1.82) is 0 Å². The second kappa shape index (κ2) is 8.39. The largest absolute Gasteiger partial charge is 0.496 e. The average Bonchev–Trinajstić information content (AvgIpc) is 2.55. The lowest BCUT2D eigenvalue weighted by molar-refractivity contribution is -0.129. The molecule has 0 saturated heterocycles. The first kappa shape index (κ1) is 17.1. The predicted molar refractivity (Wildman–Crippen MR) is 93.0 cm³/mol. The van der Waals surface area contributed by atoms with E-state index < -0.39 is 5.97 Å². The number of carbonyl (C=O) groups excluding carboxylic acids is 1. The number of methoxy groups -OCH3 is 1. The fraction of sp³-hybridized carbons (Fsp3) is 0.167. The Morgan fingerprint density at radius 2 is 1.87 bits per heavy atom. The van der Waals surface area contributed by atoms with E-state index in [2.05, 4.69) is 15.9 Å². The number of ether oxygens (including phenoxy) is 3. The number of carbonyl (C=O) groups is 1. The molecule has 2 aromatic carbocycles. The molecule has 2 aromatic rings. The molecule has 4 nitrogen and oxygen atoms in total. The summed E-state index contributed by atoms with van der Waals surface area (Å²) >= 11 is 3.39.